The van der Waals surface area contributed by atoms with Crippen molar-refractivity contribution in [1.82, 2.24) is 20.6 Å². The van der Waals surface area contributed by atoms with Crippen molar-refractivity contribution < 1.29 is 14.0 Å². The number of piperidine rings is 1. The summed E-state index contributed by atoms with van der Waals surface area (Å²) in [5.74, 6) is 1.81. The Morgan fingerprint density at radius 2 is 2.15 bits per heavy atom. The molecule has 0 aromatic carbocycles. The summed E-state index contributed by atoms with van der Waals surface area (Å²) in [5, 5.41) is 7.63. The van der Waals surface area contributed by atoms with Crippen LogP contribution in [0, 0.1) is 5.92 Å². The molecule has 2 aliphatic rings. The van der Waals surface area contributed by atoms with Crippen LogP contribution in [-0.2, 0) is 11.3 Å². The van der Waals surface area contributed by atoms with Gasteiger partial charge in [-0.25, -0.2) is 9.97 Å². The van der Waals surface area contributed by atoms with Gasteiger partial charge in [0.25, 0.3) is 11.1 Å². The van der Waals surface area contributed by atoms with Crippen LogP contribution in [0.5, 0.6) is 0 Å². The standard InChI is InChI=1S/C23H23N5O3S2/c29-21-20(33-23(30)27-21)11-17-3-6-25-22(26-17)28-7-4-15(5-8-28)12-24-13-18-10-16(14-32-18)19-2-1-9-31-19/h1-3,6,9-11,14-15,24H,4-5,7-8,12-13H2,(H,27,29,30). The third-order valence-corrected chi connectivity index (χ3v) is 7.42. The van der Waals surface area contributed by atoms with E-state index in [9.17, 15) is 9.59 Å². The van der Waals surface area contributed by atoms with E-state index in [1.807, 2.05) is 12.1 Å². The normalized spacial score (nSPS) is 18.3. The number of carbonyl (C=O) groups is 2. The number of furan rings is 1. The van der Waals surface area contributed by atoms with Crippen LogP contribution in [0.25, 0.3) is 17.4 Å². The maximum atomic E-state index is 11.8. The van der Waals surface area contributed by atoms with Crippen LogP contribution in [0.1, 0.15) is 23.4 Å². The molecular weight excluding hydrogens is 458 g/mol. The third kappa shape index (κ3) is 5.35. The first kappa shape index (κ1) is 21.9. The molecule has 5 heterocycles. The highest BCUT2D eigenvalue weighted by molar-refractivity contribution is 8.18. The molecule has 0 spiro atoms. The van der Waals surface area contributed by atoms with E-state index in [0.29, 0.717) is 22.5 Å². The van der Waals surface area contributed by atoms with Gasteiger partial charge in [0.2, 0.25) is 5.95 Å². The highest BCUT2D eigenvalue weighted by Gasteiger charge is 2.25. The van der Waals surface area contributed by atoms with Crippen LogP contribution in [0.15, 0.2) is 51.4 Å². The first-order valence-corrected chi connectivity index (χ1v) is 12.5. The van der Waals surface area contributed by atoms with Crippen LogP contribution in [0.4, 0.5) is 10.7 Å². The molecule has 3 aromatic heterocycles. The third-order valence-electron chi connectivity index (χ3n) is 5.67. The lowest BCUT2D eigenvalue weighted by Gasteiger charge is -2.32. The minimum absolute atomic E-state index is 0.353. The fourth-order valence-electron chi connectivity index (χ4n) is 3.93. The number of nitrogens with zero attached hydrogens (tertiary/aromatic N) is 3. The number of carbonyl (C=O) groups excluding carboxylic acids is 2. The number of hydrogen-bond acceptors (Lipinski definition) is 9. The van der Waals surface area contributed by atoms with Crippen molar-refractivity contribution in [3.8, 4) is 11.3 Å². The number of rotatable bonds is 7. The topological polar surface area (TPSA) is 100 Å². The summed E-state index contributed by atoms with van der Waals surface area (Å²) < 4.78 is 5.46. The van der Waals surface area contributed by atoms with E-state index in [-0.39, 0.29) is 11.1 Å². The van der Waals surface area contributed by atoms with Crippen molar-refractivity contribution in [1.29, 1.82) is 0 Å². The van der Waals surface area contributed by atoms with Crippen LogP contribution >= 0.6 is 23.1 Å². The Bertz CT molecular complexity index is 1170. The number of hydrogen-bond donors (Lipinski definition) is 2. The zero-order valence-corrected chi connectivity index (χ0v) is 19.5. The predicted molar refractivity (Wildman–Crippen MR) is 130 cm³/mol. The van der Waals surface area contributed by atoms with E-state index in [0.717, 1.165) is 62.1 Å². The summed E-state index contributed by atoms with van der Waals surface area (Å²) in [6, 6.07) is 7.81. The number of aromatic nitrogens is 2. The van der Waals surface area contributed by atoms with Crippen molar-refractivity contribution in [2.75, 3.05) is 24.5 Å². The number of amides is 2. The molecule has 2 aliphatic heterocycles. The minimum atomic E-state index is -0.377. The second-order valence-corrected chi connectivity index (χ2v) is 9.98. The van der Waals surface area contributed by atoms with E-state index in [1.165, 1.54) is 4.88 Å². The zero-order chi connectivity index (χ0) is 22.6. The van der Waals surface area contributed by atoms with E-state index < -0.39 is 0 Å². The maximum absolute atomic E-state index is 11.8. The quantitative estimate of drug-likeness (QED) is 0.486. The second-order valence-electron chi connectivity index (χ2n) is 7.97. The molecule has 10 heteroatoms. The van der Waals surface area contributed by atoms with Crippen LogP contribution < -0.4 is 15.5 Å². The molecule has 2 N–H and O–H groups in total. The second kappa shape index (κ2) is 9.90. The van der Waals surface area contributed by atoms with Gasteiger partial charge in [-0.15, -0.1) is 11.3 Å². The number of thiophene rings is 1. The molecule has 170 valence electrons. The lowest BCUT2D eigenvalue weighted by Crippen LogP contribution is -2.38. The average molecular weight is 482 g/mol. The maximum Gasteiger partial charge on any atom is 0.290 e. The van der Waals surface area contributed by atoms with Gasteiger partial charge in [0.1, 0.15) is 5.76 Å². The van der Waals surface area contributed by atoms with Crippen molar-refractivity contribution >= 4 is 46.3 Å². The molecule has 0 unspecified atom stereocenters. The SMILES string of the molecule is O=C1NC(=O)C(=Cc2ccnc(N3CCC(CNCc4cc(-c5ccco5)cs4)CC3)n2)S1. The van der Waals surface area contributed by atoms with Gasteiger partial charge >= 0.3 is 0 Å². The Kier molecular flexibility index (Phi) is 6.56. The molecule has 2 saturated heterocycles. The molecular formula is C23H23N5O3S2. The van der Waals surface area contributed by atoms with Gasteiger partial charge in [-0.1, -0.05) is 0 Å². The van der Waals surface area contributed by atoms with Crippen LogP contribution in [0.3, 0.4) is 0 Å². The Labute approximate surface area is 199 Å². The smallest absolute Gasteiger partial charge is 0.290 e. The van der Waals surface area contributed by atoms with Crippen molar-refractivity contribution in [3.63, 3.8) is 0 Å². The van der Waals surface area contributed by atoms with Gasteiger partial charge in [-0.05, 0) is 67.4 Å². The van der Waals surface area contributed by atoms with Crippen molar-refractivity contribution in [2.45, 2.75) is 19.4 Å². The van der Waals surface area contributed by atoms with Crippen LogP contribution in [-0.4, -0.2) is 40.7 Å². The first-order valence-electron chi connectivity index (χ1n) is 10.8. The highest BCUT2D eigenvalue weighted by Crippen LogP contribution is 2.27. The highest BCUT2D eigenvalue weighted by atomic mass is 32.2. The summed E-state index contributed by atoms with van der Waals surface area (Å²) in [6.45, 7) is 3.62. The zero-order valence-electron chi connectivity index (χ0n) is 17.8. The molecule has 0 bridgehead atoms. The molecule has 3 aromatic rings. The van der Waals surface area contributed by atoms with E-state index in [4.69, 9.17) is 4.42 Å². The summed E-state index contributed by atoms with van der Waals surface area (Å²) in [4.78, 5) is 35.9. The van der Waals surface area contributed by atoms with Crippen LogP contribution in [0.2, 0.25) is 0 Å². The van der Waals surface area contributed by atoms with E-state index >= 15 is 0 Å². The fourth-order valence-corrected chi connectivity index (χ4v) is 5.44. The first-order chi connectivity index (χ1) is 16.1. The predicted octanol–water partition coefficient (Wildman–Crippen LogP) is 4.13. The Morgan fingerprint density at radius 1 is 1.27 bits per heavy atom. The molecule has 5 rings (SSSR count). The summed E-state index contributed by atoms with van der Waals surface area (Å²) in [7, 11) is 0. The number of nitrogens with one attached hydrogen (secondary N) is 2. The van der Waals surface area contributed by atoms with Gasteiger partial charge in [0.05, 0.1) is 16.9 Å². The molecule has 2 fully saturated rings. The van der Waals surface area contributed by atoms with Gasteiger partial charge < -0.3 is 14.6 Å². The molecule has 0 aliphatic carbocycles. The van der Waals surface area contributed by atoms with Crippen molar-refractivity contribution in [3.05, 3.63) is 57.6 Å². The molecule has 0 radical (unpaired) electrons. The number of anilines is 1. The Hall–Kier alpha value is -2.95. The van der Waals surface area contributed by atoms with Crippen molar-refractivity contribution in [2.24, 2.45) is 5.92 Å². The molecule has 0 atom stereocenters. The monoisotopic (exact) mass is 481 g/mol. The molecule has 33 heavy (non-hydrogen) atoms. The van der Waals surface area contributed by atoms with E-state index in [1.54, 1.807) is 35.9 Å². The Balaban J connectivity index is 1.10. The molecule has 0 saturated carbocycles. The Morgan fingerprint density at radius 3 is 2.91 bits per heavy atom. The van der Waals surface area contributed by atoms with Gasteiger partial charge in [-0.3, -0.25) is 14.9 Å². The summed E-state index contributed by atoms with van der Waals surface area (Å²) in [6.07, 6.45) is 7.16. The largest absolute Gasteiger partial charge is 0.464 e. The fraction of sp³-hybridized carbons (Fsp3) is 0.304. The summed E-state index contributed by atoms with van der Waals surface area (Å²) >= 11 is 2.64. The lowest BCUT2D eigenvalue weighted by atomic mass is 9.97. The van der Waals surface area contributed by atoms with Gasteiger partial charge in [0.15, 0.2) is 0 Å². The molecule has 8 nitrogen and oxygen atoms in total. The number of imide groups is 1. The average Bonchev–Trinajstić information content (AvgIpc) is 3.57. The molecule has 2 amide bonds. The van der Waals surface area contributed by atoms with E-state index in [2.05, 4.69) is 36.9 Å². The minimum Gasteiger partial charge on any atom is -0.464 e. The number of thioether (sulfide) groups is 1. The summed E-state index contributed by atoms with van der Waals surface area (Å²) in [5.41, 5.74) is 1.76. The van der Waals surface area contributed by atoms with Gasteiger partial charge in [0, 0.05) is 41.7 Å². The lowest BCUT2D eigenvalue weighted by molar-refractivity contribution is -0.115. The van der Waals surface area contributed by atoms with Gasteiger partial charge in [-0.2, -0.15) is 0 Å².